The van der Waals surface area contributed by atoms with E-state index in [4.69, 9.17) is 26.6 Å². The predicted octanol–water partition coefficient (Wildman–Crippen LogP) is 5.81. The summed E-state index contributed by atoms with van der Waals surface area (Å²) in [4.78, 5) is 0. The highest BCUT2D eigenvalue weighted by Crippen LogP contribution is 2.35. The van der Waals surface area contributed by atoms with Gasteiger partial charge < -0.3 is 26.6 Å². The van der Waals surface area contributed by atoms with E-state index in [2.05, 4.69) is 48.5 Å². The molecule has 0 fully saturated rings. The molecule has 0 aromatic heterocycles. The maximum absolute atomic E-state index is 6.35. The van der Waals surface area contributed by atoms with Gasteiger partial charge in [0.15, 0.2) is 0 Å². The Labute approximate surface area is 182 Å². The van der Waals surface area contributed by atoms with Gasteiger partial charge >= 0.3 is 17.6 Å². The molecule has 0 bridgehead atoms. The fraction of sp³-hybridized carbons (Fsp3) is 1.00. The Morgan fingerprint density at radius 1 is 0.483 bits per heavy atom. The first-order chi connectivity index (χ1) is 14.0. The van der Waals surface area contributed by atoms with Crippen LogP contribution in [-0.4, -0.2) is 57.3 Å². The second-order valence-electron chi connectivity index (χ2n) is 7.48. The van der Waals surface area contributed by atoms with Gasteiger partial charge in [0.25, 0.3) is 0 Å². The molecule has 8 heteroatoms. The van der Waals surface area contributed by atoms with Crippen LogP contribution in [0.15, 0.2) is 0 Å². The van der Waals surface area contributed by atoms with Crippen LogP contribution in [0.4, 0.5) is 0 Å². The van der Waals surface area contributed by atoms with Gasteiger partial charge in [-0.1, -0.05) is 48.5 Å². The summed E-state index contributed by atoms with van der Waals surface area (Å²) < 4.78 is 38.0. The second kappa shape index (κ2) is 17.8. The molecule has 0 heterocycles. The van der Waals surface area contributed by atoms with Gasteiger partial charge in [0, 0.05) is 51.2 Å². The summed E-state index contributed by atoms with van der Waals surface area (Å²) in [7, 11) is -5.75. The van der Waals surface area contributed by atoms with Crippen LogP contribution in [0.5, 0.6) is 0 Å². The minimum absolute atomic E-state index is 0.0457. The lowest BCUT2D eigenvalue weighted by Crippen LogP contribution is -2.55. The summed E-state index contributed by atoms with van der Waals surface area (Å²) in [6.45, 7) is 18.7. The Morgan fingerprint density at radius 2 is 0.759 bits per heavy atom. The molecular formula is C21H48O6Si2. The number of hydrogen-bond donors (Lipinski definition) is 0. The molecule has 0 saturated carbocycles. The van der Waals surface area contributed by atoms with Gasteiger partial charge in [0.1, 0.15) is 0 Å². The van der Waals surface area contributed by atoms with Gasteiger partial charge in [0.05, 0.1) is 0 Å². The molecule has 1 atom stereocenters. The minimum Gasteiger partial charge on any atom is -0.373 e. The molecule has 0 aromatic carbocycles. The summed E-state index contributed by atoms with van der Waals surface area (Å²) in [5.74, 6) is 0. The highest BCUT2D eigenvalue weighted by atomic mass is 28.4. The Hall–Kier alpha value is 0.194. The molecule has 0 amide bonds. The van der Waals surface area contributed by atoms with Gasteiger partial charge in [-0.2, -0.15) is 0 Å². The molecule has 0 spiro atoms. The monoisotopic (exact) mass is 452 g/mol. The highest BCUT2D eigenvalue weighted by molar-refractivity contribution is 6.67. The first-order valence-corrected chi connectivity index (χ1v) is 15.6. The van der Waals surface area contributed by atoms with Gasteiger partial charge in [-0.15, -0.1) is 0 Å². The molecule has 0 saturated heterocycles. The topological polar surface area (TPSA) is 55.4 Å². The first kappa shape index (κ1) is 29.2. The maximum Gasteiger partial charge on any atom is 0.503 e. The fourth-order valence-electron chi connectivity index (χ4n) is 2.86. The third kappa shape index (κ3) is 11.4. The maximum atomic E-state index is 6.35. The van der Waals surface area contributed by atoms with Crippen LogP contribution in [0.25, 0.3) is 0 Å². The van der Waals surface area contributed by atoms with Crippen LogP contribution in [0.2, 0.25) is 11.6 Å². The van der Waals surface area contributed by atoms with E-state index in [-0.39, 0.29) is 5.54 Å². The van der Waals surface area contributed by atoms with Crippen LogP contribution in [-0.2, 0) is 26.6 Å². The third-order valence-corrected chi connectivity index (χ3v) is 10.9. The second-order valence-corrected chi connectivity index (χ2v) is 13.2. The molecule has 0 rings (SSSR count). The lowest BCUT2D eigenvalue weighted by molar-refractivity contribution is 0.0392. The zero-order valence-electron chi connectivity index (χ0n) is 20.2. The molecule has 0 aliphatic rings. The van der Waals surface area contributed by atoms with Crippen LogP contribution < -0.4 is 0 Å². The van der Waals surface area contributed by atoms with Crippen LogP contribution in [0.3, 0.4) is 0 Å². The van der Waals surface area contributed by atoms with Crippen molar-refractivity contribution in [3.8, 4) is 0 Å². The van der Waals surface area contributed by atoms with Crippen molar-refractivity contribution in [1.82, 2.24) is 0 Å². The first-order valence-electron chi connectivity index (χ1n) is 11.8. The van der Waals surface area contributed by atoms with Crippen molar-refractivity contribution in [2.45, 2.75) is 98.6 Å². The van der Waals surface area contributed by atoms with Crippen molar-refractivity contribution in [3.05, 3.63) is 0 Å². The van der Waals surface area contributed by atoms with E-state index in [1.54, 1.807) is 0 Å². The van der Waals surface area contributed by atoms with Gasteiger partial charge in [-0.25, -0.2) is 0 Å². The standard InChI is InChI=1S/C21H48O6Si2/c1-8-14-22-28(23-15-9-2,24-16-10-3)20-21(7)29(25-17-11-4,26-18-12-5)27-19-13-6/h21H,8-20H2,1-7H3. The largest absolute Gasteiger partial charge is 0.503 e. The molecule has 176 valence electrons. The Bertz CT molecular complexity index is 330. The predicted molar refractivity (Wildman–Crippen MR) is 123 cm³/mol. The Kier molecular flexibility index (Phi) is 18.0. The Morgan fingerprint density at radius 3 is 1.03 bits per heavy atom. The lowest BCUT2D eigenvalue weighted by atomic mass is 10.5. The van der Waals surface area contributed by atoms with Crippen molar-refractivity contribution in [3.63, 3.8) is 0 Å². The molecule has 29 heavy (non-hydrogen) atoms. The Balaban J connectivity index is 5.71. The number of hydrogen-bond acceptors (Lipinski definition) is 6. The zero-order valence-corrected chi connectivity index (χ0v) is 22.2. The van der Waals surface area contributed by atoms with Gasteiger partial charge in [-0.3, -0.25) is 0 Å². The molecule has 0 aliphatic heterocycles. The van der Waals surface area contributed by atoms with Crippen LogP contribution in [0, 0.1) is 0 Å². The van der Waals surface area contributed by atoms with E-state index in [0.29, 0.717) is 45.7 Å². The molecule has 0 aliphatic carbocycles. The van der Waals surface area contributed by atoms with E-state index in [1.807, 2.05) is 0 Å². The zero-order chi connectivity index (χ0) is 22.0. The van der Waals surface area contributed by atoms with Crippen molar-refractivity contribution in [2.75, 3.05) is 39.6 Å². The average Bonchev–Trinajstić information content (AvgIpc) is 2.74. The molecule has 6 nitrogen and oxygen atoms in total. The van der Waals surface area contributed by atoms with E-state index < -0.39 is 17.6 Å². The molecule has 1 unspecified atom stereocenters. The van der Waals surface area contributed by atoms with E-state index in [0.717, 1.165) is 38.5 Å². The quantitative estimate of drug-likeness (QED) is 0.205. The van der Waals surface area contributed by atoms with E-state index in [9.17, 15) is 0 Å². The average molecular weight is 453 g/mol. The van der Waals surface area contributed by atoms with Gasteiger partial charge in [-0.05, 0) is 38.5 Å². The van der Waals surface area contributed by atoms with Crippen molar-refractivity contribution in [2.24, 2.45) is 0 Å². The smallest absolute Gasteiger partial charge is 0.373 e. The van der Waals surface area contributed by atoms with Crippen molar-refractivity contribution >= 4 is 17.6 Å². The van der Waals surface area contributed by atoms with E-state index >= 15 is 0 Å². The summed E-state index contributed by atoms with van der Waals surface area (Å²) >= 11 is 0. The summed E-state index contributed by atoms with van der Waals surface area (Å²) in [6, 6.07) is 0.663. The fourth-order valence-corrected chi connectivity index (χ4v) is 10.1. The SMILES string of the molecule is CCCO[Si](CC(C)[Si](OCCC)(OCCC)OCCC)(OCCC)OCCC. The minimum atomic E-state index is -2.89. The summed E-state index contributed by atoms with van der Waals surface area (Å²) in [5.41, 5.74) is 0.0457. The number of rotatable bonds is 21. The normalized spacial score (nSPS) is 13.8. The van der Waals surface area contributed by atoms with E-state index in [1.165, 1.54) is 0 Å². The molecular weight excluding hydrogens is 404 g/mol. The molecule has 0 aromatic rings. The highest BCUT2D eigenvalue weighted by Gasteiger charge is 2.54. The van der Waals surface area contributed by atoms with Crippen molar-refractivity contribution in [1.29, 1.82) is 0 Å². The van der Waals surface area contributed by atoms with Crippen LogP contribution in [0.1, 0.15) is 87.0 Å². The van der Waals surface area contributed by atoms with Crippen molar-refractivity contribution < 1.29 is 26.6 Å². The van der Waals surface area contributed by atoms with Crippen LogP contribution >= 0.6 is 0 Å². The summed E-state index contributed by atoms with van der Waals surface area (Å²) in [5, 5.41) is 0. The lowest BCUT2D eigenvalue weighted by Gasteiger charge is -2.38. The molecule has 0 N–H and O–H groups in total. The summed E-state index contributed by atoms with van der Waals surface area (Å²) in [6.07, 6.45) is 5.59. The molecule has 0 radical (unpaired) electrons. The third-order valence-electron chi connectivity index (χ3n) is 4.26. The van der Waals surface area contributed by atoms with Gasteiger partial charge in [0.2, 0.25) is 0 Å².